The number of nitrogens with one attached hydrogen (secondary N) is 2. The second kappa shape index (κ2) is 8.46. The molecule has 4 aromatic heterocycles. The molecule has 164 valence electrons. The van der Waals surface area contributed by atoms with Crippen LogP contribution < -0.4 is 11.1 Å². The van der Waals surface area contributed by atoms with Crippen molar-refractivity contribution in [2.45, 2.75) is 19.9 Å². The van der Waals surface area contributed by atoms with Gasteiger partial charge in [-0.25, -0.2) is 20.1 Å². The highest BCUT2D eigenvalue weighted by atomic mass is 16.1. The standard InChI is InChI=1S/C22H20N10O/c1-13-9-17-22(26-11-13)32(21(27-17)16-3-2-8-24-20(16)23)15-6-4-14(5-7-15)12-25-19(33)10-18-28-30-31-29-18/h2-9,11H,10,12H2,1H3,(H2,23,24)(H,25,33)(H,28,29,30,31). The number of carbonyl (C=O) groups excluding carboxylic acids is 1. The molecule has 33 heavy (non-hydrogen) atoms. The summed E-state index contributed by atoms with van der Waals surface area (Å²) in [5, 5.41) is 16.1. The second-order valence-corrected chi connectivity index (χ2v) is 7.53. The largest absolute Gasteiger partial charge is 0.383 e. The first-order valence-electron chi connectivity index (χ1n) is 10.2. The zero-order chi connectivity index (χ0) is 22.8. The van der Waals surface area contributed by atoms with Gasteiger partial charge in [-0.2, -0.15) is 0 Å². The number of aryl methyl sites for hydroxylation is 1. The summed E-state index contributed by atoms with van der Waals surface area (Å²) >= 11 is 0. The lowest BCUT2D eigenvalue weighted by atomic mass is 10.2. The van der Waals surface area contributed by atoms with Crippen LogP contribution in [-0.4, -0.2) is 46.1 Å². The third-order valence-corrected chi connectivity index (χ3v) is 5.11. The topological polar surface area (TPSA) is 153 Å². The van der Waals surface area contributed by atoms with E-state index in [1.54, 1.807) is 6.20 Å². The van der Waals surface area contributed by atoms with Crippen LogP contribution >= 0.6 is 0 Å². The van der Waals surface area contributed by atoms with Crippen molar-refractivity contribution >= 4 is 22.9 Å². The average molecular weight is 440 g/mol. The van der Waals surface area contributed by atoms with Gasteiger partial charge in [-0.15, -0.1) is 5.10 Å². The molecule has 0 radical (unpaired) electrons. The summed E-state index contributed by atoms with van der Waals surface area (Å²) in [7, 11) is 0. The maximum atomic E-state index is 12.1. The van der Waals surface area contributed by atoms with Gasteiger partial charge in [0.1, 0.15) is 11.3 Å². The Morgan fingerprint density at radius 2 is 2.03 bits per heavy atom. The van der Waals surface area contributed by atoms with Crippen LogP contribution in [0.5, 0.6) is 0 Å². The van der Waals surface area contributed by atoms with E-state index >= 15 is 0 Å². The number of hydrogen-bond acceptors (Lipinski definition) is 8. The molecule has 5 rings (SSSR count). The number of hydrogen-bond donors (Lipinski definition) is 3. The summed E-state index contributed by atoms with van der Waals surface area (Å²) in [6.45, 7) is 2.36. The number of nitrogens with zero attached hydrogens (tertiary/aromatic N) is 7. The molecule has 1 amide bonds. The Balaban J connectivity index is 1.44. The molecule has 11 nitrogen and oxygen atoms in total. The maximum Gasteiger partial charge on any atom is 0.227 e. The van der Waals surface area contributed by atoms with Gasteiger partial charge in [0.25, 0.3) is 0 Å². The SMILES string of the molecule is Cc1cnc2c(c1)nc(-c1cccnc1N)n2-c1ccc(CNC(=O)Cc2nnn[nH]2)cc1. The number of carbonyl (C=O) groups is 1. The number of H-pyrrole nitrogens is 1. The zero-order valence-electron chi connectivity index (χ0n) is 17.7. The number of pyridine rings is 2. The van der Waals surface area contributed by atoms with Crippen molar-refractivity contribution in [2.24, 2.45) is 0 Å². The number of fused-ring (bicyclic) bond motifs is 1. The van der Waals surface area contributed by atoms with Gasteiger partial charge in [-0.3, -0.25) is 9.36 Å². The first kappa shape index (κ1) is 20.2. The minimum atomic E-state index is -0.174. The van der Waals surface area contributed by atoms with E-state index < -0.39 is 0 Å². The monoisotopic (exact) mass is 440 g/mol. The summed E-state index contributed by atoms with van der Waals surface area (Å²) in [5.74, 6) is 1.30. The van der Waals surface area contributed by atoms with E-state index in [1.807, 2.05) is 60.2 Å². The van der Waals surface area contributed by atoms with Crippen LogP contribution in [0.4, 0.5) is 5.82 Å². The number of imidazole rings is 1. The van der Waals surface area contributed by atoms with Crippen molar-refractivity contribution in [1.29, 1.82) is 0 Å². The van der Waals surface area contributed by atoms with Gasteiger partial charge in [0, 0.05) is 24.6 Å². The van der Waals surface area contributed by atoms with Crippen LogP contribution in [0.25, 0.3) is 28.2 Å². The molecule has 0 fully saturated rings. The van der Waals surface area contributed by atoms with Gasteiger partial charge < -0.3 is 11.1 Å². The second-order valence-electron chi connectivity index (χ2n) is 7.53. The van der Waals surface area contributed by atoms with E-state index in [2.05, 4.69) is 35.9 Å². The van der Waals surface area contributed by atoms with E-state index in [4.69, 9.17) is 10.7 Å². The van der Waals surface area contributed by atoms with E-state index in [9.17, 15) is 4.79 Å². The van der Waals surface area contributed by atoms with E-state index in [1.165, 1.54) is 0 Å². The van der Waals surface area contributed by atoms with Crippen LogP contribution in [-0.2, 0) is 17.8 Å². The number of rotatable bonds is 6. The normalized spacial score (nSPS) is 11.1. The maximum absolute atomic E-state index is 12.1. The van der Waals surface area contributed by atoms with E-state index in [-0.39, 0.29) is 12.3 Å². The molecule has 0 atom stereocenters. The van der Waals surface area contributed by atoms with Crippen LogP contribution in [0.15, 0.2) is 54.9 Å². The molecule has 0 saturated heterocycles. The first-order valence-corrected chi connectivity index (χ1v) is 10.2. The molecular formula is C22H20N10O. The highest BCUT2D eigenvalue weighted by Crippen LogP contribution is 2.30. The molecule has 0 aliphatic carbocycles. The number of tetrazole rings is 1. The van der Waals surface area contributed by atoms with Crippen molar-refractivity contribution < 1.29 is 4.79 Å². The zero-order valence-corrected chi connectivity index (χ0v) is 17.7. The molecule has 5 aromatic rings. The Morgan fingerprint density at radius 3 is 2.79 bits per heavy atom. The fourth-order valence-corrected chi connectivity index (χ4v) is 3.53. The van der Waals surface area contributed by atoms with Crippen LogP contribution in [0.1, 0.15) is 17.0 Å². The Labute approximate surface area is 188 Å². The molecule has 11 heteroatoms. The number of benzene rings is 1. The van der Waals surface area contributed by atoms with Gasteiger partial charge in [-0.1, -0.05) is 12.1 Å². The van der Waals surface area contributed by atoms with Crippen LogP contribution in [0.3, 0.4) is 0 Å². The fraction of sp³-hybridized carbons (Fsp3) is 0.136. The summed E-state index contributed by atoms with van der Waals surface area (Å²) in [6, 6.07) is 13.5. The van der Waals surface area contributed by atoms with Gasteiger partial charge >= 0.3 is 0 Å². The highest BCUT2D eigenvalue weighted by Gasteiger charge is 2.18. The Kier molecular flexibility index (Phi) is 5.19. The van der Waals surface area contributed by atoms with Crippen molar-refractivity contribution in [3.8, 4) is 17.1 Å². The summed E-state index contributed by atoms with van der Waals surface area (Å²) < 4.78 is 1.96. The smallest absolute Gasteiger partial charge is 0.227 e. The number of anilines is 1. The number of nitrogen functional groups attached to an aromatic ring is 1. The fourth-order valence-electron chi connectivity index (χ4n) is 3.53. The van der Waals surface area contributed by atoms with Crippen LogP contribution in [0.2, 0.25) is 0 Å². The third kappa shape index (κ3) is 4.11. The molecule has 4 N–H and O–H groups in total. The van der Waals surface area contributed by atoms with E-state index in [0.717, 1.165) is 33.5 Å². The quantitative estimate of drug-likeness (QED) is 0.361. The third-order valence-electron chi connectivity index (χ3n) is 5.11. The predicted molar refractivity (Wildman–Crippen MR) is 121 cm³/mol. The van der Waals surface area contributed by atoms with Crippen molar-refractivity contribution in [1.82, 2.24) is 45.5 Å². The molecule has 4 heterocycles. The van der Waals surface area contributed by atoms with Gasteiger partial charge in [0.05, 0.1) is 12.0 Å². The van der Waals surface area contributed by atoms with E-state index in [0.29, 0.717) is 24.0 Å². The Hall–Kier alpha value is -4.67. The van der Waals surface area contributed by atoms with Crippen molar-refractivity contribution in [2.75, 3.05) is 5.73 Å². The average Bonchev–Trinajstić information content (AvgIpc) is 3.46. The number of aromatic amines is 1. The van der Waals surface area contributed by atoms with Crippen molar-refractivity contribution in [3.05, 3.63) is 71.8 Å². The molecule has 0 saturated carbocycles. The number of amides is 1. The van der Waals surface area contributed by atoms with Gasteiger partial charge in [-0.05, 0) is 58.8 Å². The predicted octanol–water partition coefficient (Wildman–Crippen LogP) is 1.75. The van der Waals surface area contributed by atoms with Gasteiger partial charge in [0.2, 0.25) is 5.91 Å². The lowest BCUT2D eigenvalue weighted by Gasteiger charge is -2.11. The molecule has 0 aliphatic heterocycles. The molecule has 0 unspecified atom stereocenters. The minimum Gasteiger partial charge on any atom is -0.383 e. The Bertz CT molecular complexity index is 1420. The minimum absolute atomic E-state index is 0.0904. The lowest BCUT2D eigenvalue weighted by Crippen LogP contribution is -2.25. The van der Waals surface area contributed by atoms with Crippen molar-refractivity contribution in [3.63, 3.8) is 0 Å². The summed E-state index contributed by atoms with van der Waals surface area (Å²) in [4.78, 5) is 25.7. The molecule has 1 aromatic carbocycles. The lowest BCUT2D eigenvalue weighted by molar-refractivity contribution is -0.120. The Morgan fingerprint density at radius 1 is 1.18 bits per heavy atom. The molecule has 0 aliphatic rings. The van der Waals surface area contributed by atoms with Gasteiger partial charge in [0.15, 0.2) is 17.3 Å². The molecular weight excluding hydrogens is 420 g/mol. The summed E-state index contributed by atoms with van der Waals surface area (Å²) in [5.41, 5.74) is 11.2. The first-order chi connectivity index (χ1) is 16.1. The number of nitrogens with two attached hydrogens (primary N) is 1. The molecule has 0 bridgehead atoms. The van der Waals surface area contributed by atoms with Crippen LogP contribution in [0, 0.1) is 6.92 Å². The highest BCUT2D eigenvalue weighted by molar-refractivity contribution is 5.83. The summed E-state index contributed by atoms with van der Waals surface area (Å²) in [6.07, 6.45) is 3.55. The molecule has 0 spiro atoms. The number of aromatic nitrogens is 8.